The molecule has 1 atom stereocenters. The number of morpholine rings is 1. The van der Waals surface area contributed by atoms with E-state index in [9.17, 15) is 0 Å². The smallest absolute Gasteiger partial charge is 0.0965 e. The molecule has 0 bridgehead atoms. The number of ether oxygens (including phenoxy) is 1. The Bertz CT molecular complexity index is 349. The van der Waals surface area contributed by atoms with E-state index in [-0.39, 0.29) is 11.7 Å². The Kier molecular flexibility index (Phi) is 3.90. The summed E-state index contributed by atoms with van der Waals surface area (Å²) in [5.74, 6) is 0. The lowest BCUT2D eigenvalue weighted by Crippen LogP contribution is -2.50. The summed E-state index contributed by atoms with van der Waals surface area (Å²) >= 11 is 7.53. The van der Waals surface area contributed by atoms with E-state index in [4.69, 9.17) is 16.3 Å². The average Bonchev–Trinajstić information content (AvgIpc) is 2.76. The van der Waals surface area contributed by atoms with Crippen molar-refractivity contribution in [3.05, 3.63) is 21.3 Å². The van der Waals surface area contributed by atoms with Gasteiger partial charge >= 0.3 is 0 Å². The molecule has 2 nitrogen and oxygen atoms in total. The van der Waals surface area contributed by atoms with Gasteiger partial charge in [0, 0.05) is 13.1 Å². The third-order valence-electron chi connectivity index (χ3n) is 3.42. The molecule has 2 rings (SSSR count). The highest BCUT2D eigenvalue weighted by Gasteiger charge is 2.34. The van der Waals surface area contributed by atoms with Crippen molar-refractivity contribution in [3.63, 3.8) is 0 Å². The van der Waals surface area contributed by atoms with Crippen LogP contribution in [-0.4, -0.2) is 18.7 Å². The van der Waals surface area contributed by atoms with Gasteiger partial charge in [-0.15, -0.1) is 11.3 Å². The molecule has 0 aliphatic carbocycles. The first-order chi connectivity index (χ1) is 7.69. The zero-order valence-electron chi connectivity index (χ0n) is 9.75. The van der Waals surface area contributed by atoms with Crippen molar-refractivity contribution in [2.24, 2.45) is 0 Å². The van der Waals surface area contributed by atoms with Crippen molar-refractivity contribution in [1.29, 1.82) is 0 Å². The van der Waals surface area contributed by atoms with E-state index in [2.05, 4.69) is 24.5 Å². The second-order valence-corrected chi connectivity index (χ2v) is 5.85. The largest absolute Gasteiger partial charge is 0.364 e. The van der Waals surface area contributed by atoms with Crippen molar-refractivity contribution in [3.8, 4) is 0 Å². The van der Waals surface area contributed by atoms with Gasteiger partial charge in [0.15, 0.2) is 0 Å². The molecule has 1 N–H and O–H groups in total. The summed E-state index contributed by atoms with van der Waals surface area (Å²) in [5, 5.41) is 5.57. The molecule has 1 unspecified atom stereocenters. The molecule has 0 radical (unpaired) electrons. The van der Waals surface area contributed by atoms with Gasteiger partial charge in [-0.2, -0.15) is 0 Å². The summed E-state index contributed by atoms with van der Waals surface area (Å²) in [5.41, 5.74) is 1.20. The van der Waals surface area contributed by atoms with Crippen molar-refractivity contribution in [2.75, 3.05) is 13.1 Å². The quantitative estimate of drug-likeness (QED) is 0.895. The Balaban J connectivity index is 2.12. The van der Waals surface area contributed by atoms with Crippen LogP contribution in [0.1, 0.15) is 38.4 Å². The molecule has 1 aromatic rings. The highest BCUT2D eigenvalue weighted by atomic mass is 35.5. The predicted octanol–water partition coefficient (Wildman–Crippen LogP) is 3.62. The number of hydrogen-bond acceptors (Lipinski definition) is 3. The molecule has 90 valence electrons. The topological polar surface area (TPSA) is 21.3 Å². The van der Waals surface area contributed by atoms with Gasteiger partial charge in [0.2, 0.25) is 0 Å². The van der Waals surface area contributed by atoms with E-state index in [1.165, 1.54) is 5.56 Å². The fourth-order valence-corrected chi connectivity index (χ4v) is 3.09. The second kappa shape index (κ2) is 5.05. The van der Waals surface area contributed by atoms with Crippen LogP contribution < -0.4 is 5.32 Å². The Morgan fingerprint density at radius 2 is 2.31 bits per heavy atom. The highest BCUT2D eigenvalue weighted by molar-refractivity contribution is 7.14. The molecule has 1 fully saturated rings. The number of hydrogen-bond donors (Lipinski definition) is 1. The highest BCUT2D eigenvalue weighted by Crippen LogP contribution is 2.34. The minimum Gasteiger partial charge on any atom is -0.364 e. The molecular formula is C12H18ClNOS. The lowest BCUT2D eigenvalue weighted by atomic mass is 9.94. The molecule has 1 aromatic heterocycles. The molecule has 0 amide bonds. The summed E-state index contributed by atoms with van der Waals surface area (Å²) in [6.07, 6.45) is 2.24. The van der Waals surface area contributed by atoms with Crippen molar-refractivity contribution >= 4 is 22.9 Å². The average molecular weight is 260 g/mol. The van der Waals surface area contributed by atoms with Crippen LogP contribution in [0.5, 0.6) is 0 Å². The summed E-state index contributed by atoms with van der Waals surface area (Å²) in [7, 11) is 0. The molecule has 16 heavy (non-hydrogen) atoms. The van der Waals surface area contributed by atoms with Crippen LogP contribution >= 0.6 is 22.9 Å². The van der Waals surface area contributed by atoms with E-state index in [0.717, 1.165) is 30.3 Å². The van der Waals surface area contributed by atoms with Crippen LogP contribution in [0.2, 0.25) is 4.34 Å². The summed E-state index contributed by atoms with van der Waals surface area (Å²) in [4.78, 5) is 0. The first-order valence-electron chi connectivity index (χ1n) is 5.81. The minimum atomic E-state index is -0.00265. The zero-order valence-corrected chi connectivity index (χ0v) is 11.3. The maximum absolute atomic E-state index is 6.26. The first kappa shape index (κ1) is 12.4. The number of nitrogens with one attached hydrogen (secondary N) is 1. The standard InChI is InChI=1S/C12H18ClNOS/c1-3-12(4-2)8-14-6-10(15-12)9-5-11(13)16-7-9/h5,7,10,14H,3-4,6,8H2,1-2H3. The van der Waals surface area contributed by atoms with Crippen LogP contribution in [0.25, 0.3) is 0 Å². The number of halogens is 1. The van der Waals surface area contributed by atoms with E-state index < -0.39 is 0 Å². The fraction of sp³-hybridized carbons (Fsp3) is 0.667. The van der Waals surface area contributed by atoms with E-state index >= 15 is 0 Å². The van der Waals surface area contributed by atoms with E-state index in [0.29, 0.717) is 0 Å². The molecule has 1 aliphatic rings. The first-order valence-corrected chi connectivity index (χ1v) is 7.07. The third kappa shape index (κ3) is 2.43. The van der Waals surface area contributed by atoms with E-state index in [1.807, 2.05) is 6.07 Å². The van der Waals surface area contributed by atoms with Gasteiger partial charge in [-0.1, -0.05) is 25.4 Å². The van der Waals surface area contributed by atoms with Crippen LogP contribution in [-0.2, 0) is 4.74 Å². The Morgan fingerprint density at radius 3 is 2.88 bits per heavy atom. The van der Waals surface area contributed by atoms with Gasteiger partial charge in [0.25, 0.3) is 0 Å². The molecule has 0 aromatic carbocycles. The number of thiophene rings is 1. The Morgan fingerprint density at radius 1 is 1.56 bits per heavy atom. The molecule has 0 spiro atoms. The molecule has 1 saturated heterocycles. The van der Waals surface area contributed by atoms with Crippen LogP contribution in [0.4, 0.5) is 0 Å². The minimum absolute atomic E-state index is 0.00265. The van der Waals surface area contributed by atoms with Gasteiger partial charge in [-0.3, -0.25) is 0 Å². The van der Waals surface area contributed by atoms with Crippen LogP contribution in [0.15, 0.2) is 11.4 Å². The lowest BCUT2D eigenvalue weighted by Gasteiger charge is -2.40. The molecular weight excluding hydrogens is 242 g/mol. The molecule has 2 heterocycles. The molecule has 1 aliphatic heterocycles. The summed E-state index contributed by atoms with van der Waals surface area (Å²) in [6, 6.07) is 2.01. The monoisotopic (exact) mass is 259 g/mol. The Hall–Kier alpha value is -0.0900. The SMILES string of the molecule is CCC1(CC)CNCC(c2csc(Cl)c2)O1. The summed E-state index contributed by atoms with van der Waals surface area (Å²) in [6.45, 7) is 6.21. The van der Waals surface area contributed by atoms with Crippen molar-refractivity contribution < 1.29 is 4.74 Å². The predicted molar refractivity (Wildman–Crippen MR) is 69.3 cm³/mol. The maximum atomic E-state index is 6.26. The summed E-state index contributed by atoms with van der Waals surface area (Å²) < 4.78 is 7.09. The van der Waals surface area contributed by atoms with Gasteiger partial charge in [-0.25, -0.2) is 0 Å². The van der Waals surface area contributed by atoms with Crippen molar-refractivity contribution in [2.45, 2.75) is 38.4 Å². The lowest BCUT2D eigenvalue weighted by molar-refractivity contribution is -0.122. The van der Waals surface area contributed by atoms with Crippen LogP contribution in [0.3, 0.4) is 0 Å². The van der Waals surface area contributed by atoms with Crippen molar-refractivity contribution in [1.82, 2.24) is 5.32 Å². The van der Waals surface area contributed by atoms with Gasteiger partial charge in [0.1, 0.15) is 0 Å². The Labute approximate surface area is 106 Å². The molecule has 4 heteroatoms. The fourth-order valence-electron chi connectivity index (χ4n) is 2.16. The normalized spacial score (nSPS) is 24.6. The maximum Gasteiger partial charge on any atom is 0.0965 e. The van der Waals surface area contributed by atoms with E-state index in [1.54, 1.807) is 11.3 Å². The molecule has 0 saturated carbocycles. The second-order valence-electron chi connectivity index (χ2n) is 4.31. The van der Waals surface area contributed by atoms with Gasteiger partial charge in [0.05, 0.1) is 16.0 Å². The third-order valence-corrected chi connectivity index (χ3v) is 4.53. The van der Waals surface area contributed by atoms with Gasteiger partial charge in [-0.05, 0) is 29.9 Å². The van der Waals surface area contributed by atoms with Gasteiger partial charge < -0.3 is 10.1 Å². The zero-order chi connectivity index (χ0) is 11.6. The van der Waals surface area contributed by atoms with Crippen LogP contribution in [0, 0.1) is 0 Å². The number of rotatable bonds is 3.